The minimum atomic E-state index is 0.160. The molecule has 2 N–H and O–H groups in total. The van der Waals surface area contributed by atoms with E-state index in [0.717, 1.165) is 30.9 Å². The Kier molecular flexibility index (Phi) is 4.54. The summed E-state index contributed by atoms with van der Waals surface area (Å²) in [4.78, 5) is 6.49. The maximum absolute atomic E-state index is 6.37. The minimum absolute atomic E-state index is 0.160. The van der Waals surface area contributed by atoms with Gasteiger partial charge in [0.25, 0.3) is 0 Å². The van der Waals surface area contributed by atoms with Crippen LogP contribution in [0.2, 0.25) is 0 Å². The van der Waals surface area contributed by atoms with E-state index in [4.69, 9.17) is 5.73 Å². The molecular weight excluding hydrogens is 312 g/mol. The summed E-state index contributed by atoms with van der Waals surface area (Å²) in [5.74, 6) is 0.381. The maximum atomic E-state index is 6.37. The van der Waals surface area contributed by atoms with Gasteiger partial charge in [0, 0.05) is 44.0 Å². The third-order valence-electron chi connectivity index (χ3n) is 4.71. The fourth-order valence-corrected chi connectivity index (χ4v) is 3.49. The zero-order valence-electron chi connectivity index (χ0n) is 14.1. The van der Waals surface area contributed by atoms with Gasteiger partial charge in [0.1, 0.15) is 0 Å². The molecule has 128 valence electrons. The van der Waals surface area contributed by atoms with Crippen LogP contribution in [0, 0.1) is 0 Å². The lowest BCUT2D eigenvalue weighted by Gasteiger charge is -2.14. The molecule has 0 radical (unpaired) electrons. The molecule has 6 heteroatoms. The maximum Gasteiger partial charge on any atom is 0.0967 e. The van der Waals surface area contributed by atoms with Crippen molar-refractivity contribution < 1.29 is 0 Å². The van der Waals surface area contributed by atoms with Crippen LogP contribution >= 0.6 is 0 Å². The lowest BCUT2D eigenvalue weighted by Crippen LogP contribution is -2.28. The Morgan fingerprint density at radius 1 is 1.04 bits per heavy atom. The van der Waals surface area contributed by atoms with E-state index in [1.807, 2.05) is 35.3 Å². The Labute approximate surface area is 147 Å². The Balaban J connectivity index is 1.38. The van der Waals surface area contributed by atoms with Crippen LogP contribution in [0.25, 0.3) is 0 Å². The first kappa shape index (κ1) is 15.9. The summed E-state index contributed by atoms with van der Waals surface area (Å²) in [5.41, 5.74) is 9.78. The van der Waals surface area contributed by atoms with Gasteiger partial charge in [0.15, 0.2) is 0 Å². The first-order valence-electron chi connectivity index (χ1n) is 8.59. The molecule has 1 saturated heterocycles. The van der Waals surface area contributed by atoms with Gasteiger partial charge in [0.05, 0.1) is 18.4 Å². The van der Waals surface area contributed by atoms with Gasteiger partial charge in [0.2, 0.25) is 0 Å². The summed E-state index contributed by atoms with van der Waals surface area (Å²) in [6, 6.07) is 14.7. The second-order valence-electron chi connectivity index (χ2n) is 6.64. The molecule has 0 saturated carbocycles. The average molecular weight is 334 g/mol. The quantitative estimate of drug-likeness (QED) is 0.768. The van der Waals surface area contributed by atoms with E-state index in [-0.39, 0.29) is 6.04 Å². The van der Waals surface area contributed by atoms with Crippen LogP contribution < -0.4 is 5.73 Å². The van der Waals surface area contributed by atoms with E-state index in [0.29, 0.717) is 12.5 Å². The summed E-state index contributed by atoms with van der Waals surface area (Å²) in [7, 11) is 0. The third-order valence-corrected chi connectivity index (χ3v) is 4.71. The van der Waals surface area contributed by atoms with E-state index in [1.54, 1.807) is 6.20 Å². The molecule has 1 fully saturated rings. The van der Waals surface area contributed by atoms with Crippen molar-refractivity contribution in [1.29, 1.82) is 0 Å². The second kappa shape index (κ2) is 7.13. The fourth-order valence-electron chi connectivity index (χ4n) is 3.49. The standard InChI is InChI=1S/C19H22N6/c20-19-14-24(13-18(19)16-6-2-1-3-7-16)11-17-12-25(23-22-17)10-15-5-4-8-21-9-15/h1-9,12,18-19H,10-11,13-14,20H2/t18-,19+/m0/s1. The van der Waals surface area contributed by atoms with Crippen molar-refractivity contribution in [2.24, 2.45) is 5.73 Å². The highest BCUT2D eigenvalue weighted by Gasteiger charge is 2.31. The average Bonchev–Trinajstić information content (AvgIpc) is 3.23. The van der Waals surface area contributed by atoms with E-state index >= 15 is 0 Å². The predicted octanol–water partition coefficient (Wildman–Crippen LogP) is 1.65. The molecule has 2 atom stereocenters. The van der Waals surface area contributed by atoms with Crippen molar-refractivity contribution in [3.63, 3.8) is 0 Å². The van der Waals surface area contributed by atoms with Gasteiger partial charge >= 0.3 is 0 Å². The molecule has 0 unspecified atom stereocenters. The lowest BCUT2D eigenvalue weighted by molar-refractivity contribution is 0.319. The lowest BCUT2D eigenvalue weighted by atomic mass is 9.95. The molecule has 6 nitrogen and oxygen atoms in total. The van der Waals surface area contributed by atoms with Gasteiger partial charge in [-0.05, 0) is 17.2 Å². The zero-order chi connectivity index (χ0) is 17.1. The van der Waals surface area contributed by atoms with Gasteiger partial charge in [-0.2, -0.15) is 0 Å². The number of pyridine rings is 1. The largest absolute Gasteiger partial charge is 0.326 e. The van der Waals surface area contributed by atoms with Crippen molar-refractivity contribution >= 4 is 0 Å². The number of benzene rings is 1. The van der Waals surface area contributed by atoms with Gasteiger partial charge in [-0.1, -0.05) is 41.6 Å². The number of nitrogens with two attached hydrogens (primary N) is 1. The fraction of sp³-hybridized carbons (Fsp3) is 0.316. The highest BCUT2D eigenvalue weighted by Crippen LogP contribution is 2.27. The second-order valence-corrected chi connectivity index (χ2v) is 6.64. The van der Waals surface area contributed by atoms with Crippen LogP contribution in [0.3, 0.4) is 0 Å². The Morgan fingerprint density at radius 2 is 1.92 bits per heavy atom. The number of aromatic nitrogens is 4. The number of nitrogens with zero attached hydrogens (tertiary/aromatic N) is 5. The van der Waals surface area contributed by atoms with Crippen LogP contribution in [0.4, 0.5) is 0 Å². The Hall–Kier alpha value is -2.57. The molecule has 0 aliphatic carbocycles. The summed E-state index contributed by atoms with van der Waals surface area (Å²) in [6.45, 7) is 3.31. The van der Waals surface area contributed by atoms with Crippen LogP contribution in [0.5, 0.6) is 0 Å². The molecule has 2 aromatic heterocycles. The molecule has 0 bridgehead atoms. The van der Waals surface area contributed by atoms with E-state index in [2.05, 4.69) is 44.5 Å². The molecule has 1 aliphatic heterocycles. The van der Waals surface area contributed by atoms with Crippen molar-refractivity contribution in [3.05, 3.63) is 77.9 Å². The molecule has 4 rings (SSSR count). The predicted molar refractivity (Wildman–Crippen MR) is 95.8 cm³/mol. The normalized spacial score (nSPS) is 20.8. The van der Waals surface area contributed by atoms with E-state index in [9.17, 15) is 0 Å². The van der Waals surface area contributed by atoms with Gasteiger partial charge < -0.3 is 5.73 Å². The van der Waals surface area contributed by atoms with E-state index in [1.165, 1.54) is 5.56 Å². The van der Waals surface area contributed by atoms with Crippen molar-refractivity contribution in [3.8, 4) is 0 Å². The van der Waals surface area contributed by atoms with Crippen LogP contribution in [0.15, 0.2) is 61.1 Å². The van der Waals surface area contributed by atoms with Crippen molar-refractivity contribution in [2.45, 2.75) is 25.0 Å². The van der Waals surface area contributed by atoms with Gasteiger partial charge in [-0.3, -0.25) is 9.88 Å². The first-order chi connectivity index (χ1) is 12.3. The first-order valence-corrected chi connectivity index (χ1v) is 8.59. The van der Waals surface area contributed by atoms with Crippen molar-refractivity contribution in [2.75, 3.05) is 13.1 Å². The molecule has 1 aromatic carbocycles. The van der Waals surface area contributed by atoms with Crippen LogP contribution in [-0.4, -0.2) is 44.0 Å². The summed E-state index contributed by atoms with van der Waals surface area (Å²) >= 11 is 0. The van der Waals surface area contributed by atoms with Gasteiger partial charge in [-0.15, -0.1) is 5.10 Å². The SMILES string of the molecule is N[C@@H]1CN(Cc2cn(Cc3cccnc3)nn2)C[C@H]1c1ccccc1. The zero-order valence-corrected chi connectivity index (χ0v) is 14.1. The van der Waals surface area contributed by atoms with Crippen LogP contribution in [0.1, 0.15) is 22.7 Å². The molecule has 3 aromatic rings. The Bertz CT molecular complexity index is 801. The number of likely N-dealkylation sites (tertiary alicyclic amines) is 1. The smallest absolute Gasteiger partial charge is 0.0967 e. The number of hydrogen-bond acceptors (Lipinski definition) is 5. The Morgan fingerprint density at radius 3 is 2.72 bits per heavy atom. The molecule has 0 amide bonds. The molecular formula is C19H22N6. The summed E-state index contributed by atoms with van der Waals surface area (Å²) < 4.78 is 1.86. The monoisotopic (exact) mass is 334 g/mol. The highest BCUT2D eigenvalue weighted by atomic mass is 15.4. The van der Waals surface area contributed by atoms with Crippen LogP contribution in [-0.2, 0) is 13.1 Å². The molecule has 25 heavy (non-hydrogen) atoms. The number of hydrogen-bond donors (Lipinski definition) is 1. The minimum Gasteiger partial charge on any atom is -0.326 e. The third kappa shape index (κ3) is 3.75. The van der Waals surface area contributed by atoms with Crippen molar-refractivity contribution in [1.82, 2.24) is 24.9 Å². The summed E-state index contributed by atoms with van der Waals surface area (Å²) in [6.07, 6.45) is 5.63. The van der Waals surface area contributed by atoms with E-state index < -0.39 is 0 Å². The van der Waals surface area contributed by atoms with Gasteiger partial charge in [-0.25, -0.2) is 4.68 Å². The summed E-state index contributed by atoms with van der Waals surface area (Å²) in [5, 5.41) is 8.54. The molecule has 1 aliphatic rings. The number of rotatable bonds is 5. The topological polar surface area (TPSA) is 72.9 Å². The molecule has 0 spiro atoms. The molecule has 3 heterocycles. The highest BCUT2D eigenvalue weighted by molar-refractivity contribution is 5.23.